The Hall–Kier alpha value is -1.66. The van der Waals surface area contributed by atoms with Gasteiger partial charge in [0, 0.05) is 30.7 Å². The van der Waals surface area contributed by atoms with Crippen LogP contribution in [0.3, 0.4) is 0 Å². The third kappa shape index (κ3) is 2.48. The Morgan fingerprint density at radius 3 is 3.00 bits per heavy atom. The minimum Gasteiger partial charge on any atom is -0.312 e. The van der Waals surface area contributed by atoms with E-state index in [1.165, 1.54) is 0 Å². The van der Waals surface area contributed by atoms with E-state index in [4.69, 9.17) is 11.6 Å². The molecule has 20 heavy (non-hydrogen) atoms. The van der Waals surface area contributed by atoms with Crippen LogP contribution in [-0.2, 0) is 18.8 Å². The molecule has 0 N–H and O–H groups in total. The highest BCUT2D eigenvalue weighted by Crippen LogP contribution is 2.12. The van der Waals surface area contributed by atoms with Crippen molar-refractivity contribution < 1.29 is 0 Å². The molecule has 0 aliphatic carbocycles. The predicted molar refractivity (Wildman–Crippen MR) is 79.6 cm³/mol. The lowest BCUT2D eigenvalue weighted by Crippen LogP contribution is -2.22. The molecule has 7 heteroatoms. The van der Waals surface area contributed by atoms with Crippen LogP contribution in [0.2, 0.25) is 0 Å². The first kappa shape index (κ1) is 13.3. The SMILES string of the molecule is Cc1cc2c(=O)n(CCc3nc(CCl)cs3)ccn2n1. The fourth-order valence-corrected chi connectivity index (χ4v) is 3.08. The van der Waals surface area contributed by atoms with E-state index in [2.05, 4.69) is 10.1 Å². The van der Waals surface area contributed by atoms with Gasteiger partial charge in [0.25, 0.3) is 5.56 Å². The molecule has 0 unspecified atom stereocenters. The van der Waals surface area contributed by atoms with E-state index in [0.29, 0.717) is 17.9 Å². The maximum absolute atomic E-state index is 12.3. The number of halogens is 1. The maximum Gasteiger partial charge on any atom is 0.276 e. The van der Waals surface area contributed by atoms with Gasteiger partial charge in [0.2, 0.25) is 0 Å². The zero-order valence-corrected chi connectivity index (χ0v) is 12.5. The van der Waals surface area contributed by atoms with Gasteiger partial charge in [-0.15, -0.1) is 22.9 Å². The molecule has 0 bridgehead atoms. The largest absolute Gasteiger partial charge is 0.312 e. The molecule has 0 atom stereocenters. The van der Waals surface area contributed by atoms with Gasteiger partial charge in [-0.2, -0.15) is 5.10 Å². The summed E-state index contributed by atoms with van der Waals surface area (Å²) in [6.07, 6.45) is 4.29. The predicted octanol–water partition coefficient (Wildman–Crippen LogP) is 2.24. The molecular formula is C13H13ClN4OS. The summed E-state index contributed by atoms with van der Waals surface area (Å²) < 4.78 is 3.31. The molecule has 0 aromatic carbocycles. The Morgan fingerprint density at radius 2 is 2.25 bits per heavy atom. The third-order valence-corrected chi connectivity index (χ3v) is 4.26. The van der Waals surface area contributed by atoms with E-state index in [-0.39, 0.29) is 5.56 Å². The first-order valence-corrected chi connectivity index (χ1v) is 7.63. The molecule has 0 spiro atoms. The van der Waals surface area contributed by atoms with Gasteiger partial charge < -0.3 is 4.57 Å². The highest BCUT2D eigenvalue weighted by atomic mass is 35.5. The summed E-state index contributed by atoms with van der Waals surface area (Å²) in [6.45, 7) is 2.48. The number of hydrogen-bond donors (Lipinski definition) is 0. The Morgan fingerprint density at radius 1 is 1.40 bits per heavy atom. The first-order chi connectivity index (χ1) is 9.67. The van der Waals surface area contributed by atoms with E-state index in [1.807, 2.05) is 12.3 Å². The smallest absolute Gasteiger partial charge is 0.276 e. The molecule has 3 heterocycles. The van der Waals surface area contributed by atoms with E-state index in [9.17, 15) is 4.79 Å². The third-order valence-electron chi connectivity index (χ3n) is 3.03. The second-order valence-electron chi connectivity index (χ2n) is 4.53. The number of aryl methyl sites for hydroxylation is 3. The first-order valence-electron chi connectivity index (χ1n) is 6.22. The second-order valence-corrected chi connectivity index (χ2v) is 5.74. The Balaban J connectivity index is 1.83. The summed E-state index contributed by atoms with van der Waals surface area (Å²) in [4.78, 5) is 16.7. The average molecular weight is 309 g/mol. The minimum atomic E-state index is -0.0257. The summed E-state index contributed by atoms with van der Waals surface area (Å²) in [7, 11) is 0. The summed E-state index contributed by atoms with van der Waals surface area (Å²) >= 11 is 7.31. The van der Waals surface area contributed by atoms with E-state index in [1.54, 1.807) is 38.9 Å². The lowest BCUT2D eigenvalue weighted by Gasteiger charge is -2.04. The van der Waals surface area contributed by atoms with Crippen LogP contribution in [0.1, 0.15) is 16.4 Å². The molecule has 0 aliphatic rings. The molecule has 3 aromatic heterocycles. The van der Waals surface area contributed by atoms with Crippen molar-refractivity contribution in [1.29, 1.82) is 0 Å². The van der Waals surface area contributed by atoms with Crippen molar-refractivity contribution in [3.63, 3.8) is 0 Å². The molecule has 3 aromatic rings. The molecule has 5 nitrogen and oxygen atoms in total. The van der Waals surface area contributed by atoms with Crippen molar-refractivity contribution in [3.8, 4) is 0 Å². The van der Waals surface area contributed by atoms with Gasteiger partial charge in [0.15, 0.2) is 0 Å². The van der Waals surface area contributed by atoms with E-state index < -0.39 is 0 Å². The number of nitrogens with zero attached hydrogens (tertiary/aromatic N) is 4. The standard InChI is InChI=1S/C13H13ClN4OS/c1-9-6-11-13(19)17(4-5-18(11)16-9)3-2-12-15-10(7-14)8-20-12/h4-6,8H,2-3,7H2,1H3. The summed E-state index contributed by atoms with van der Waals surface area (Å²) in [5.41, 5.74) is 2.31. The molecule has 3 rings (SSSR count). The Labute approximate surface area is 124 Å². The lowest BCUT2D eigenvalue weighted by atomic mass is 10.4. The van der Waals surface area contributed by atoms with Crippen molar-refractivity contribution in [2.45, 2.75) is 25.8 Å². The van der Waals surface area contributed by atoms with Gasteiger partial charge in [-0.1, -0.05) is 0 Å². The van der Waals surface area contributed by atoms with Crippen LogP contribution < -0.4 is 5.56 Å². The molecule has 0 fully saturated rings. The van der Waals surface area contributed by atoms with Gasteiger partial charge in [-0.25, -0.2) is 9.50 Å². The molecule has 0 aliphatic heterocycles. The van der Waals surface area contributed by atoms with Crippen LogP contribution in [0.25, 0.3) is 5.52 Å². The molecule has 0 saturated carbocycles. The number of fused-ring (bicyclic) bond motifs is 1. The van der Waals surface area contributed by atoms with Crippen LogP contribution in [-0.4, -0.2) is 19.2 Å². The van der Waals surface area contributed by atoms with E-state index in [0.717, 1.165) is 22.8 Å². The quantitative estimate of drug-likeness (QED) is 0.695. The maximum atomic E-state index is 12.3. The second kappa shape index (κ2) is 5.38. The minimum absolute atomic E-state index is 0.0257. The van der Waals surface area contributed by atoms with Crippen molar-refractivity contribution in [2.24, 2.45) is 0 Å². The zero-order chi connectivity index (χ0) is 14.1. The number of hydrogen-bond acceptors (Lipinski definition) is 4. The zero-order valence-electron chi connectivity index (χ0n) is 10.9. The Kier molecular flexibility index (Phi) is 3.58. The van der Waals surface area contributed by atoms with Gasteiger partial charge in [0.05, 0.1) is 22.3 Å². The Bertz CT molecular complexity index is 804. The topological polar surface area (TPSA) is 52.2 Å². The fraction of sp³-hybridized carbons (Fsp3) is 0.308. The number of rotatable bonds is 4. The normalized spacial score (nSPS) is 11.3. The van der Waals surface area contributed by atoms with Crippen molar-refractivity contribution in [1.82, 2.24) is 19.2 Å². The molecule has 0 saturated heterocycles. The van der Waals surface area contributed by atoms with Crippen molar-refractivity contribution in [2.75, 3.05) is 0 Å². The van der Waals surface area contributed by atoms with Crippen LogP contribution in [0.15, 0.2) is 28.6 Å². The van der Waals surface area contributed by atoms with Crippen LogP contribution in [0.4, 0.5) is 0 Å². The number of thiazole rings is 1. The average Bonchev–Trinajstić information content (AvgIpc) is 3.04. The summed E-state index contributed by atoms with van der Waals surface area (Å²) in [5.74, 6) is 0.428. The van der Waals surface area contributed by atoms with Gasteiger partial charge in [-0.05, 0) is 13.0 Å². The number of alkyl halides is 1. The lowest BCUT2D eigenvalue weighted by molar-refractivity contribution is 0.659. The molecule has 0 radical (unpaired) electrons. The fourth-order valence-electron chi connectivity index (χ4n) is 2.07. The molecule has 0 amide bonds. The monoisotopic (exact) mass is 308 g/mol. The number of aromatic nitrogens is 4. The van der Waals surface area contributed by atoms with Crippen molar-refractivity contribution >= 4 is 28.5 Å². The molecule has 104 valence electrons. The van der Waals surface area contributed by atoms with Gasteiger partial charge in [0.1, 0.15) is 5.52 Å². The summed E-state index contributed by atoms with van der Waals surface area (Å²) in [5, 5.41) is 7.18. The van der Waals surface area contributed by atoms with Crippen LogP contribution in [0.5, 0.6) is 0 Å². The van der Waals surface area contributed by atoms with Gasteiger partial charge >= 0.3 is 0 Å². The van der Waals surface area contributed by atoms with E-state index >= 15 is 0 Å². The van der Waals surface area contributed by atoms with Gasteiger partial charge in [-0.3, -0.25) is 4.79 Å². The van der Waals surface area contributed by atoms with Crippen LogP contribution >= 0.6 is 22.9 Å². The highest BCUT2D eigenvalue weighted by molar-refractivity contribution is 7.09. The molecular weight excluding hydrogens is 296 g/mol. The summed E-state index contributed by atoms with van der Waals surface area (Å²) in [6, 6.07) is 1.80. The van der Waals surface area contributed by atoms with Crippen molar-refractivity contribution in [3.05, 3.63) is 50.6 Å². The highest BCUT2D eigenvalue weighted by Gasteiger charge is 2.07. The van der Waals surface area contributed by atoms with Crippen LogP contribution in [0, 0.1) is 6.92 Å².